The molecule has 54 heavy (non-hydrogen) atoms. The van der Waals surface area contributed by atoms with Crippen LogP contribution in [0, 0.1) is 0 Å². The molecular weight excluding hydrogens is 653 g/mol. The van der Waals surface area contributed by atoms with Gasteiger partial charge in [-0.05, 0) is 93.2 Å². The van der Waals surface area contributed by atoms with E-state index in [0.29, 0.717) is 0 Å². The molecule has 1 aromatic heterocycles. The van der Waals surface area contributed by atoms with Crippen molar-refractivity contribution in [3.8, 4) is 39.1 Å². The van der Waals surface area contributed by atoms with Gasteiger partial charge in [-0.2, -0.15) is 0 Å². The summed E-state index contributed by atoms with van der Waals surface area (Å²) in [4.78, 5) is 2.35. The van der Waals surface area contributed by atoms with Crippen molar-refractivity contribution in [2.24, 2.45) is 0 Å². The smallest absolute Gasteiger partial charge is 0.0541 e. The SMILES string of the molecule is c1ccc(-c2ccc(N(c3ccc(-c4ccc(-c5ccccc5-n5c6ccccc6c6ccccc65)cc4)cc3)c3ccc4ccccc4c3)cc2)cc1. The maximum Gasteiger partial charge on any atom is 0.0541 e. The Hall–Kier alpha value is -7.16. The molecule has 0 aliphatic heterocycles. The van der Waals surface area contributed by atoms with E-state index in [0.717, 1.165) is 17.1 Å². The molecule has 1 heterocycles. The fraction of sp³-hybridized carbons (Fsp3) is 0. The maximum absolute atomic E-state index is 2.41. The molecule has 0 fully saturated rings. The van der Waals surface area contributed by atoms with Gasteiger partial charge < -0.3 is 9.47 Å². The predicted molar refractivity (Wildman–Crippen MR) is 229 cm³/mol. The standard InChI is InChI=1S/C52H36N2/c1-2-12-37(13-3-1)40-26-31-44(32-27-40)53(46-35-30-38-14-4-5-15-43(38)36-46)45-33-28-41(29-34-45)39-22-24-42(25-23-39)47-16-6-9-19-50(47)54-51-20-10-7-17-48(51)49-18-8-11-21-52(49)54/h1-36H. The van der Waals surface area contributed by atoms with E-state index in [4.69, 9.17) is 0 Å². The quantitative estimate of drug-likeness (QED) is 0.162. The second-order valence-corrected chi connectivity index (χ2v) is 13.8. The summed E-state index contributed by atoms with van der Waals surface area (Å²) >= 11 is 0. The molecule has 0 aliphatic rings. The van der Waals surface area contributed by atoms with Crippen molar-refractivity contribution >= 4 is 49.6 Å². The average Bonchev–Trinajstić information content (AvgIpc) is 3.59. The molecule has 2 nitrogen and oxygen atoms in total. The molecule has 0 spiro atoms. The molecule has 0 bridgehead atoms. The Bertz CT molecular complexity index is 2850. The first-order valence-electron chi connectivity index (χ1n) is 18.5. The Labute approximate surface area is 315 Å². The largest absolute Gasteiger partial charge is 0.310 e. The number of rotatable bonds is 7. The summed E-state index contributed by atoms with van der Waals surface area (Å²) in [5.74, 6) is 0. The lowest BCUT2D eigenvalue weighted by molar-refractivity contribution is 1.18. The Morgan fingerprint density at radius 3 is 1.37 bits per heavy atom. The number of hydrogen-bond donors (Lipinski definition) is 0. The van der Waals surface area contributed by atoms with Crippen LogP contribution in [-0.2, 0) is 0 Å². The van der Waals surface area contributed by atoms with Gasteiger partial charge in [-0.1, -0.05) is 164 Å². The monoisotopic (exact) mass is 688 g/mol. The van der Waals surface area contributed by atoms with E-state index < -0.39 is 0 Å². The topological polar surface area (TPSA) is 8.17 Å². The highest BCUT2D eigenvalue weighted by atomic mass is 15.1. The third-order valence-corrected chi connectivity index (χ3v) is 10.6. The van der Waals surface area contributed by atoms with Crippen molar-refractivity contribution in [2.45, 2.75) is 0 Å². The highest BCUT2D eigenvalue weighted by Gasteiger charge is 2.16. The molecule has 0 unspecified atom stereocenters. The van der Waals surface area contributed by atoms with Crippen LogP contribution >= 0.6 is 0 Å². The molecule has 0 atom stereocenters. The van der Waals surface area contributed by atoms with E-state index in [1.54, 1.807) is 0 Å². The molecule has 0 amide bonds. The summed E-state index contributed by atoms with van der Waals surface area (Å²) in [6, 6.07) is 78.8. The summed E-state index contributed by atoms with van der Waals surface area (Å²) in [5.41, 5.74) is 14.1. The molecule has 0 saturated carbocycles. The van der Waals surface area contributed by atoms with Crippen LogP contribution < -0.4 is 4.90 Å². The van der Waals surface area contributed by atoms with Gasteiger partial charge in [0.1, 0.15) is 0 Å². The Morgan fingerprint density at radius 1 is 0.296 bits per heavy atom. The molecule has 10 rings (SSSR count). The number of anilines is 3. The van der Waals surface area contributed by atoms with Crippen molar-refractivity contribution in [2.75, 3.05) is 4.90 Å². The third kappa shape index (κ3) is 5.62. The number of para-hydroxylation sites is 3. The predicted octanol–water partition coefficient (Wildman–Crippen LogP) is 14.4. The van der Waals surface area contributed by atoms with Gasteiger partial charge in [-0.15, -0.1) is 0 Å². The van der Waals surface area contributed by atoms with E-state index in [2.05, 4.69) is 228 Å². The number of benzene rings is 9. The zero-order valence-electron chi connectivity index (χ0n) is 29.7. The normalized spacial score (nSPS) is 11.3. The van der Waals surface area contributed by atoms with Crippen molar-refractivity contribution in [1.82, 2.24) is 4.57 Å². The van der Waals surface area contributed by atoms with E-state index in [-0.39, 0.29) is 0 Å². The summed E-state index contributed by atoms with van der Waals surface area (Å²) in [6.07, 6.45) is 0. The van der Waals surface area contributed by atoms with Gasteiger partial charge in [0.25, 0.3) is 0 Å². The second kappa shape index (κ2) is 13.4. The minimum Gasteiger partial charge on any atom is -0.310 e. The molecule has 0 radical (unpaired) electrons. The number of hydrogen-bond acceptors (Lipinski definition) is 1. The molecule has 2 heteroatoms. The first-order chi connectivity index (χ1) is 26.8. The van der Waals surface area contributed by atoms with E-state index in [1.165, 1.54) is 71.6 Å². The van der Waals surface area contributed by atoms with Crippen LogP contribution in [0.5, 0.6) is 0 Å². The maximum atomic E-state index is 2.41. The summed E-state index contributed by atoms with van der Waals surface area (Å²) in [7, 11) is 0. The number of fused-ring (bicyclic) bond motifs is 4. The summed E-state index contributed by atoms with van der Waals surface area (Å²) < 4.78 is 2.41. The van der Waals surface area contributed by atoms with Gasteiger partial charge in [0.05, 0.1) is 16.7 Å². The summed E-state index contributed by atoms with van der Waals surface area (Å²) in [5, 5.41) is 4.99. The third-order valence-electron chi connectivity index (χ3n) is 10.6. The number of nitrogens with zero attached hydrogens (tertiary/aromatic N) is 2. The van der Waals surface area contributed by atoms with Crippen molar-refractivity contribution in [1.29, 1.82) is 0 Å². The van der Waals surface area contributed by atoms with Crippen LogP contribution in [0.15, 0.2) is 218 Å². The van der Waals surface area contributed by atoms with E-state index in [1.807, 2.05) is 0 Å². The van der Waals surface area contributed by atoms with Crippen LogP contribution in [0.25, 0.3) is 71.6 Å². The van der Waals surface area contributed by atoms with Crippen LogP contribution in [0.1, 0.15) is 0 Å². The van der Waals surface area contributed by atoms with Crippen LogP contribution in [0.3, 0.4) is 0 Å². The van der Waals surface area contributed by atoms with Gasteiger partial charge in [-0.25, -0.2) is 0 Å². The summed E-state index contributed by atoms with van der Waals surface area (Å²) in [6.45, 7) is 0. The fourth-order valence-electron chi connectivity index (χ4n) is 7.94. The molecule has 0 N–H and O–H groups in total. The van der Waals surface area contributed by atoms with Crippen molar-refractivity contribution < 1.29 is 0 Å². The highest BCUT2D eigenvalue weighted by Crippen LogP contribution is 2.39. The van der Waals surface area contributed by atoms with E-state index >= 15 is 0 Å². The Kier molecular flexibility index (Phi) is 7.85. The van der Waals surface area contributed by atoms with Crippen molar-refractivity contribution in [3.05, 3.63) is 218 Å². The molecule has 9 aromatic carbocycles. The van der Waals surface area contributed by atoms with Crippen LogP contribution in [0.2, 0.25) is 0 Å². The van der Waals surface area contributed by atoms with Crippen LogP contribution in [0.4, 0.5) is 17.1 Å². The molecule has 254 valence electrons. The Balaban J connectivity index is 0.994. The fourth-order valence-corrected chi connectivity index (χ4v) is 7.94. The van der Waals surface area contributed by atoms with Crippen LogP contribution in [-0.4, -0.2) is 4.57 Å². The average molecular weight is 689 g/mol. The minimum atomic E-state index is 1.11. The minimum absolute atomic E-state index is 1.11. The van der Waals surface area contributed by atoms with Gasteiger partial charge in [0, 0.05) is 33.4 Å². The zero-order valence-corrected chi connectivity index (χ0v) is 29.7. The van der Waals surface area contributed by atoms with Gasteiger partial charge in [0.15, 0.2) is 0 Å². The molecular formula is C52H36N2. The van der Waals surface area contributed by atoms with Gasteiger partial charge >= 0.3 is 0 Å². The number of aromatic nitrogens is 1. The first-order valence-corrected chi connectivity index (χ1v) is 18.5. The first kappa shape index (κ1) is 31.6. The molecule has 0 aliphatic carbocycles. The molecule has 10 aromatic rings. The lowest BCUT2D eigenvalue weighted by atomic mass is 9.98. The lowest BCUT2D eigenvalue weighted by Crippen LogP contribution is -2.09. The lowest BCUT2D eigenvalue weighted by Gasteiger charge is -2.26. The molecule has 0 saturated heterocycles. The second-order valence-electron chi connectivity index (χ2n) is 13.8. The Morgan fingerprint density at radius 2 is 0.741 bits per heavy atom. The highest BCUT2D eigenvalue weighted by molar-refractivity contribution is 6.09. The zero-order chi connectivity index (χ0) is 35.8. The van der Waals surface area contributed by atoms with Crippen molar-refractivity contribution in [3.63, 3.8) is 0 Å². The van der Waals surface area contributed by atoms with E-state index in [9.17, 15) is 0 Å². The van der Waals surface area contributed by atoms with Gasteiger partial charge in [-0.3, -0.25) is 0 Å². The van der Waals surface area contributed by atoms with Gasteiger partial charge in [0.2, 0.25) is 0 Å².